The van der Waals surface area contributed by atoms with Crippen LogP contribution in [0.4, 0.5) is 5.69 Å². The molecule has 0 fully saturated rings. The number of amides is 1. The normalized spacial score (nSPS) is 14.1. The van der Waals surface area contributed by atoms with E-state index in [1.165, 1.54) is 22.3 Å². The van der Waals surface area contributed by atoms with Crippen LogP contribution in [0, 0.1) is 0 Å². The number of anilines is 1. The van der Waals surface area contributed by atoms with Gasteiger partial charge in [-0.25, -0.2) is 4.98 Å². The zero-order chi connectivity index (χ0) is 18.7. The summed E-state index contributed by atoms with van der Waals surface area (Å²) in [6.45, 7) is 2.22. The Morgan fingerprint density at radius 2 is 1.96 bits per heavy atom. The molecule has 2 aliphatic rings. The number of methoxy groups -OCH3 is 2. The van der Waals surface area contributed by atoms with E-state index in [1.54, 1.807) is 26.0 Å². The lowest BCUT2D eigenvalue weighted by atomic mass is 9.92. The summed E-state index contributed by atoms with van der Waals surface area (Å²) in [5, 5.41) is 1.01. The molecule has 1 amide bonds. The van der Waals surface area contributed by atoms with Crippen molar-refractivity contribution < 1.29 is 14.3 Å². The van der Waals surface area contributed by atoms with E-state index in [1.807, 2.05) is 6.07 Å². The fourth-order valence-electron chi connectivity index (χ4n) is 4.52. The first-order valence-electron chi connectivity index (χ1n) is 9.10. The molecule has 0 bridgehead atoms. The first-order chi connectivity index (χ1) is 13.1. The largest absolute Gasteiger partial charge is 0.493 e. The minimum atomic E-state index is -0.00251. The molecule has 0 N–H and O–H groups in total. The van der Waals surface area contributed by atoms with Crippen molar-refractivity contribution in [1.29, 1.82) is 0 Å². The highest BCUT2D eigenvalue weighted by atomic mass is 16.5. The number of ether oxygens (including phenoxy) is 2. The fraction of sp³-hybridized carbons (Fsp3) is 0.273. The third-order valence-electron chi connectivity index (χ3n) is 5.68. The lowest BCUT2D eigenvalue weighted by Crippen LogP contribution is -2.34. The molecule has 136 valence electrons. The Balaban J connectivity index is 1.91. The van der Waals surface area contributed by atoms with E-state index >= 15 is 0 Å². The van der Waals surface area contributed by atoms with E-state index in [-0.39, 0.29) is 5.91 Å². The van der Waals surface area contributed by atoms with Crippen LogP contribution < -0.4 is 14.4 Å². The third-order valence-corrected chi connectivity index (χ3v) is 5.68. The second-order valence-corrected chi connectivity index (χ2v) is 7.03. The SMILES string of the molecule is COc1cc2nc3c(c4c2c(c1OC)N(C(C)=O)CC4)Cc1ccccc1-3. The van der Waals surface area contributed by atoms with Crippen LogP contribution in [0.3, 0.4) is 0 Å². The molecule has 5 nitrogen and oxygen atoms in total. The molecule has 0 unspecified atom stereocenters. The Kier molecular flexibility index (Phi) is 3.41. The molecule has 2 heterocycles. The molecule has 27 heavy (non-hydrogen) atoms. The maximum absolute atomic E-state index is 12.3. The van der Waals surface area contributed by atoms with Gasteiger partial charge in [-0.1, -0.05) is 24.3 Å². The summed E-state index contributed by atoms with van der Waals surface area (Å²) in [6, 6.07) is 10.4. The highest BCUT2D eigenvalue weighted by Crippen LogP contribution is 2.50. The van der Waals surface area contributed by atoms with Gasteiger partial charge in [-0.15, -0.1) is 0 Å². The number of pyridine rings is 1. The van der Waals surface area contributed by atoms with Gasteiger partial charge < -0.3 is 14.4 Å². The van der Waals surface area contributed by atoms with Gasteiger partial charge in [0.1, 0.15) is 0 Å². The number of hydrogen-bond donors (Lipinski definition) is 0. The summed E-state index contributed by atoms with van der Waals surface area (Å²) >= 11 is 0. The summed E-state index contributed by atoms with van der Waals surface area (Å²) in [4.78, 5) is 19.1. The van der Waals surface area contributed by atoms with Crippen LogP contribution in [0.5, 0.6) is 11.5 Å². The molecular weight excluding hydrogens is 340 g/mol. The fourth-order valence-corrected chi connectivity index (χ4v) is 4.52. The van der Waals surface area contributed by atoms with Gasteiger partial charge >= 0.3 is 0 Å². The van der Waals surface area contributed by atoms with Crippen molar-refractivity contribution in [3.05, 3.63) is 47.0 Å². The quantitative estimate of drug-likeness (QED) is 0.547. The van der Waals surface area contributed by atoms with Gasteiger partial charge in [0, 0.05) is 36.9 Å². The number of aromatic nitrogens is 1. The van der Waals surface area contributed by atoms with Crippen molar-refractivity contribution in [2.75, 3.05) is 25.7 Å². The second-order valence-electron chi connectivity index (χ2n) is 7.03. The Morgan fingerprint density at radius 1 is 1.15 bits per heavy atom. The van der Waals surface area contributed by atoms with E-state index in [4.69, 9.17) is 14.5 Å². The van der Waals surface area contributed by atoms with Crippen LogP contribution in [-0.2, 0) is 17.6 Å². The second kappa shape index (κ2) is 5.71. The molecule has 5 heteroatoms. The summed E-state index contributed by atoms with van der Waals surface area (Å²) < 4.78 is 11.2. The van der Waals surface area contributed by atoms with Crippen molar-refractivity contribution in [2.45, 2.75) is 19.8 Å². The van der Waals surface area contributed by atoms with Crippen molar-refractivity contribution in [2.24, 2.45) is 0 Å². The molecule has 3 aromatic rings. The predicted molar refractivity (Wildman–Crippen MR) is 105 cm³/mol. The molecule has 0 atom stereocenters. The highest BCUT2D eigenvalue weighted by Gasteiger charge is 2.33. The summed E-state index contributed by atoms with van der Waals surface area (Å²) in [5.74, 6) is 1.19. The molecular formula is C22H20N2O3. The Morgan fingerprint density at radius 3 is 2.70 bits per heavy atom. The van der Waals surface area contributed by atoms with Crippen LogP contribution in [0.1, 0.15) is 23.6 Å². The van der Waals surface area contributed by atoms with Gasteiger partial charge in [-0.2, -0.15) is 0 Å². The molecule has 0 saturated carbocycles. The van der Waals surface area contributed by atoms with E-state index < -0.39 is 0 Å². The average molecular weight is 360 g/mol. The highest BCUT2D eigenvalue weighted by molar-refractivity contribution is 6.09. The van der Waals surface area contributed by atoms with Crippen LogP contribution in [0.25, 0.3) is 22.2 Å². The lowest BCUT2D eigenvalue weighted by Gasteiger charge is -2.31. The van der Waals surface area contributed by atoms with Gasteiger partial charge in [-0.05, 0) is 23.1 Å². The molecule has 1 aliphatic carbocycles. The molecule has 0 saturated heterocycles. The van der Waals surface area contributed by atoms with Crippen molar-refractivity contribution >= 4 is 22.5 Å². The molecule has 5 rings (SSSR count). The minimum absolute atomic E-state index is 0.00251. The average Bonchev–Trinajstić information content (AvgIpc) is 3.06. The Hall–Kier alpha value is -3.08. The van der Waals surface area contributed by atoms with Gasteiger partial charge in [0.15, 0.2) is 11.5 Å². The van der Waals surface area contributed by atoms with Crippen molar-refractivity contribution in [3.63, 3.8) is 0 Å². The van der Waals surface area contributed by atoms with Gasteiger partial charge in [-0.3, -0.25) is 4.79 Å². The standard InChI is InChI=1S/C22H20N2O3/c1-12(25)24-9-8-15-16-10-13-6-4-5-7-14(13)20(16)23-17-11-18(26-2)22(27-3)21(24)19(15)17/h4-7,11H,8-10H2,1-3H3. The van der Waals surface area contributed by atoms with Crippen LogP contribution in [0.15, 0.2) is 30.3 Å². The topological polar surface area (TPSA) is 51.7 Å². The number of carbonyl (C=O) groups is 1. The Bertz CT molecular complexity index is 1120. The number of carbonyl (C=O) groups excluding carboxylic acids is 1. The molecule has 0 spiro atoms. The zero-order valence-corrected chi connectivity index (χ0v) is 15.6. The lowest BCUT2D eigenvalue weighted by molar-refractivity contribution is -0.116. The Labute approximate surface area is 157 Å². The molecule has 0 radical (unpaired) electrons. The number of hydrogen-bond acceptors (Lipinski definition) is 4. The van der Waals surface area contributed by atoms with Crippen molar-refractivity contribution in [3.8, 4) is 22.8 Å². The first-order valence-corrected chi connectivity index (χ1v) is 9.10. The molecule has 1 aromatic heterocycles. The van der Waals surface area contributed by atoms with Crippen molar-refractivity contribution in [1.82, 2.24) is 4.98 Å². The van der Waals surface area contributed by atoms with E-state index in [0.717, 1.165) is 35.1 Å². The summed E-state index contributed by atoms with van der Waals surface area (Å²) in [5.41, 5.74) is 7.76. The summed E-state index contributed by atoms with van der Waals surface area (Å²) in [6.07, 6.45) is 1.70. The van der Waals surface area contributed by atoms with E-state index in [9.17, 15) is 4.79 Å². The van der Waals surface area contributed by atoms with E-state index in [0.29, 0.717) is 18.0 Å². The maximum atomic E-state index is 12.3. The van der Waals surface area contributed by atoms with Crippen LogP contribution >= 0.6 is 0 Å². The smallest absolute Gasteiger partial charge is 0.223 e. The van der Waals surface area contributed by atoms with Crippen LogP contribution in [0.2, 0.25) is 0 Å². The van der Waals surface area contributed by atoms with Gasteiger partial charge in [0.2, 0.25) is 5.91 Å². The first kappa shape index (κ1) is 16.1. The monoisotopic (exact) mass is 360 g/mol. The number of benzene rings is 2. The van der Waals surface area contributed by atoms with Crippen LogP contribution in [-0.4, -0.2) is 31.7 Å². The third kappa shape index (κ3) is 2.11. The maximum Gasteiger partial charge on any atom is 0.223 e. The summed E-state index contributed by atoms with van der Waals surface area (Å²) in [7, 11) is 3.23. The number of fused-ring (bicyclic) bond motifs is 4. The number of rotatable bonds is 2. The molecule has 2 aromatic carbocycles. The van der Waals surface area contributed by atoms with Gasteiger partial charge in [0.25, 0.3) is 0 Å². The molecule has 1 aliphatic heterocycles. The minimum Gasteiger partial charge on any atom is -0.493 e. The van der Waals surface area contributed by atoms with Gasteiger partial charge in [0.05, 0.1) is 31.1 Å². The zero-order valence-electron chi connectivity index (χ0n) is 15.6. The van der Waals surface area contributed by atoms with E-state index in [2.05, 4.69) is 24.3 Å². The predicted octanol–water partition coefficient (Wildman–Crippen LogP) is 3.73. The number of nitrogens with zero attached hydrogens (tertiary/aromatic N) is 2.